The zero-order valence-corrected chi connectivity index (χ0v) is 14.9. The maximum absolute atomic E-state index is 12.2. The number of hydrogen-bond acceptors (Lipinski definition) is 3. The fourth-order valence-electron chi connectivity index (χ4n) is 4.45. The molecule has 2 aromatic rings. The third-order valence-corrected chi connectivity index (χ3v) is 5.78. The van der Waals surface area contributed by atoms with Crippen molar-refractivity contribution in [3.63, 3.8) is 0 Å². The molecule has 0 unspecified atom stereocenters. The number of aryl methyl sites for hydroxylation is 1. The van der Waals surface area contributed by atoms with E-state index in [-0.39, 0.29) is 17.5 Å². The number of amides is 2. The van der Waals surface area contributed by atoms with Crippen molar-refractivity contribution in [2.45, 2.75) is 45.4 Å². The van der Waals surface area contributed by atoms with Gasteiger partial charge in [0.1, 0.15) is 0 Å². The highest BCUT2D eigenvalue weighted by Crippen LogP contribution is 2.51. The minimum atomic E-state index is -0.0704. The molecule has 2 aliphatic rings. The number of carbonyl (C=O) groups excluding carboxylic acids is 1. The van der Waals surface area contributed by atoms with Gasteiger partial charge in [0.25, 0.3) is 0 Å². The fourth-order valence-corrected chi connectivity index (χ4v) is 4.45. The third kappa shape index (κ3) is 2.88. The van der Waals surface area contributed by atoms with Gasteiger partial charge in [-0.2, -0.15) is 0 Å². The molecule has 1 saturated carbocycles. The molecule has 1 aromatic carbocycles. The van der Waals surface area contributed by atoms with E-state index in [1.54, 1.807) is 0 Å². The van der Waals surface area contributed by atoms with E-state index in [2.05, 4.69) is 40.1 Å². The molecule has 0 bridgehead atoms. The molecule has 2 amide bonds. The molecule has 1 saturated heterocycles. The van der Waals surface area contributed by atoms with Crippen LogP contribution in [0.25, 0.3) is 11.0 Å². The Kier molecular flexibility index (Phi) is 4.15. The SMILES string of the molecule is CC1(C)[C@H](NC(=O)NCCCn2cnc3ccccc32)[C@H]2CCO[C@@H]21. The van der Waals surface area contributed by atoms with Gasteiger partial charge in [0.05, 0.1) is 23.5 Å². The Bertz CT molecular complexity index is 770. The molecule has 6 nitrogen and oxygen atoms in total. The molecule has 0 spiro atoms. The maximum atomic E-state index is 12.2. The number of fused-ring (bicyclic) bond motifs is 2. The molecule has 4 rings (SSSR count). The second-order valence-corrected chi connectivity index (χ2v) is 7.72. The van der Waals surface area contributed by atoms with Crippen molar-refractivity contribution in [1.29, 1.82) is 0 Å². The molecule has 1 aromatic heterocycles. The highest BCUT2D eigenvalue weighted by Gasteiger charge is 2.59. The van der Waals surface area contributed by atoms with E-state index in [9.17, 15) is 4.79 Å². The number of benzene rings is 1. The lowest BCUT2D eigenvalue weighted by atomic mass is 9.57. The number of para-hydroxylation sites is 2. The summed E-state index contributed by atoms with van der Waals surface area (Å²) < 4.78 is 7.90. The maximum Gasteiger partial charge on any atom is 0.315 e. The molecular weight excluding hydrogens is 316 g/mol. The van der Waals surface area contributed by atoms with E-state index < -0.39 is 0 Å². The van der Waals surface area contributed by atoms with Crippen LogP contribution in [0.2, 0.25) is 0 Å². The van der Waals surface area contributed by atoms with E-state index in [0.717, 1.165) is 37.0 Å². The molecule has 1 aliphatic carbocycles. The Morgan fingerprint density at radius 2 is 2.24 bits per heavy atom. The Labute approximate surface area is 147 Å². The van der Waals surface area contributed by atoms with Gasteiger partial charge in [-0.15, -0.1) is 0 Å². The van der Waals surface area contributed by atoms with Crippen molar-refractivity contribution in [2.75, 3.05) is 13.2 Å². The molecule has 2 fully saturated rings. The van der Waals surface area contributed by atoms with Crippen molar-refractivity contribution < 1.29 is 9.53 Å². The minimum Gasteiger partial charge on any atom is -0.377 e. The van der Waals surface area contributed by atoms with Gasteiger partial charge in [0, 0.05) is 37.1 Å². The average Bonchev–Trinajstić information content (AvgIpc) is 3.22. The van der Waals surface area contributed by atoms with Gasteiger partial charge in [0.2, 0.25) is 0 Å². The average molecular weight is 342 g/mol. The molecule has 0 radical (unpaired) electrons. The van der Waals surface area contributed by atoms with Crippen LogP contribution in [0.1, 0.15) is 26.7 Å². The van der Waals surface area contributed by atoms with E-state index in [0.29, 0.717) is 18.6 Å². The minimum absolute atomic E-state index is 0.0221. The number of urea groups is 1. The van der Waals surface area contributed by atoms with Crippen LogP contribution in [0.5, 0.6) is 0 Å². The first-order valence-electron chi connectivity index (χ1n) is 9.13. The van der Waals surface area contributed by atoms with Crippen LogP contribution in [-0.4, -0.2) is 40.9 Å². The van der Waals surface area contributed by atoms with Gasteiger partial charge in [-0.25, -0.2) is 9.78 Å². The van der Waals surface area contributed by atoms with Crippen LogP contribution >= 0.6 is 0 Å². The Morgan fingerprint density at radius 1 is 1.40 bits per heavy atom. The summed E-state index contributed by atoms with van der Waals surface area (Å²) in [6, 6.07) is 8.23. The van der Waals surface area contributed by atoms with E-state index in [1.165, 1.54) is 0 Å². The molecule has 25 heavy (non-hydrogen) atoms. The normalized spacial score (nSPS) is 26.9. The number of carbonyl (C=O) groups is 1. The van der Waals surface area contributed by atoms with Crippen LogP contribution < -0.4 is 10.6 Å². The molecule has 2 heterocycles. The summed E-state index contributed by atoms with van der Waals surface area (Å²) in [4.78, 5) is 16.6. The molecular formula is C19H26N4O2. The zero-order chi connectivity index (χ0) is 17.4. The van der Waals surface area contributed by atoms with Crippen LogP contribution in [0.3, 0.4) is 0 Å². The van der Waals surface area contributed by atoms with Gasteiger partial charge in [-0.1, -0.05) is 26.0 Å². The van der Waals surface area contributed by atoms with Crippen molar-refractivity contribution in [1.82, 2.24) is 20.2 Å². The lowest BCUT2D eigenvalue weighted by molar-refractivity contribution is -0.108. The first kappa shape index (κ1) is 16.4. The van der Waals surface area contributed by atoms with Gasteiger partial charge in [-0.3, -0.25) is 0 Å². The van der Waals surface area contributed by atoms with E-state index in [4.69, 9.17) is 4.74 Å². The van der Waals surface area contributed by atoms with Crippen LogP contribution in [0, 0.1) is 11.3 Å². The monoisotopic (exact) mass is 342 g/mol. The zero-order valence-electron chi connectivity index (χ0n) is 14.9. The third-order valence-electron chi connectivity index (χ3n) is 5.78. The number of hydrogen-bond donors (Lipinski definition) is 2. The number of rotatable bonds is 5. The summed E-state index contributed by atoms with van der Waals surface area (Å²) in [5, 5.41) is 6.14. The highest BCUT2D eigenvalue weighted by molar-refractivity contribution is 5.75. The smallest absolute Gasteiger partial charge is 0.315 e. The number of ether oxygens (including phenoxy) is 1. The van der Waals surface area contributed by atoms with Gasteiger partial charge < -0.3 is 19.9 Å². The lowest BCUT2D eigenvalue weighted by Crippen LogP contribution is -2.67. The topological polar surface area (TPSA) is 68.2 Å². The summed E-state index contributed by atoms with van der Waals surface area (Å²) in [5.74, 6) is 0.470. The Morgan fingerprint density at radius 3 is 3.12 bits per heavy atom. The fraction of sp³-hybridized carbons (Fsp3) is 0.579. The van der Waals surface area contributed by atoms with Crippen LogP contribution in [0.4, 0.5) is 4.79 Å². The van der Waals surface area contributed by atoms with E-state index >= 15 is 0 Å². The molecule has 134 valence electrons. The van der Waals surface area contributed by atoms with Crippen molar-refractivity contribution in [2.24, 2.45) is 11.3 Å². The van der Waals surface area contributed by atoms with Crippen LogP contribution in [0.15, 0.2) is 30.6 Å². The Hall–Kier alpha value is -2.08. The van der Waals surface area contributed by atoms with E-state index in [1.807, 2.05) is 24.5 Å². The summed E-state index contributed by atoms with van der Waals surface area (Å²) in [5.41, 5.74) is 2.16. The molecule has 1 aliphatic heterocycles. The lowest BCUT2D eigenvalue weighted by Gasteiger charge is -2.54. The molecule has 3 atom stereocenters. The standard InChI is InChI=1S/C19H26N4O2/c1-19(2)16(13-8-11-25-17(13)19)22-18(24)20-9-5-10-23-12-21-14-6-3-4-7-15(14)23/h3-4,6-7,12-13,16-17H,5,8-11H2,1-2H3,(H2,20,22,24)/t13-,16-,17+/m1/s1. The van der Waals surface area contributed by atoms with Crippen molar-refractivity contribution in [3.05, 3.63) is 30.6 Å². The predicted molar refractivity (Wildman–Crippen MR) is 96.3 cm³/mol. The molecule has 6 heteroatoms. The van der Waals surface area contributed by atoms with Crippen molar-refractivity contribution in [3.8, 4) is 0 Å². The summed E-state index contributed by atoms with van der Waals surface area (Å²) in [6.45, 7) is 6.66. The van der Waals surface area contributed by atoms with Crippen molar-refractivity contribution >= 4 is 17.1 Å². The summed E-state index contributed by atoms with van der Waals surface area (Å²) in [7, 11) is 0. The predicted octanol–water partition coefficient (Wildman–Crippen LogP) is 2.54. The quantitative estimate of drug-likeness (QED) is 0.821. The number of imidazole rings is 1. The van der Waals surface area contributed by atoms with Crippen LogP contribution in [-0.2, 0) is 11.3 Å². The Balaban J connectivity index is 1.23. The number of nitrogens with zero attached hydrogens (tertiary/aromatic N) is 2. The number of nitrogens with one attached hydrogen (secondary N) is 2. The first-order chi connectivity index (χ1) is 12.1. The largest absolute Gasteiger partial charge is 0.377 e. The van der Waals surface area contributed by atoms with Gasteiger partial charge in [-0.05, 0) is 25.0 Å². The second-order valence-electron chi connectivity index (χ2n) is 7.72. The van der Waals surface area contributed by atoms with Gasteiger partial charge >= 0.3 is 6.03 Å². The second kappa shape index (κ2) is 6.33. The molecule has 2 N–H and O–H groups in total. The summed E-state index contributed by atoms with van der Waals surface area (Å²) >= 11 is 0. The van der Waals surface area contributed by atoms with Gasteiger partial charge in [0.15, 0.2) is 0 Å². The number of aromatic nitrogens is 2. The first-order valence-corrected chi connectivity index (χ1v) is 9.13. The highest BCUT2D eigenvalue weighted by atomic mass is 16.5. The summed E-state index contributed by atoms with van der Waals surface area (Å²) in [6.07, 6.45) is 4.08.